The molecule has 3 aliphatic rings. The first-order valence-corrected chi connectivity index (χ1v) is 10.0. The Bertz CT molecular complexity index is 598. The molecule has 1 spiro atoms. The molecule has 0 aromatic carbocycles. The number of nitrogens with two attached hydrogens (primary N) is 1. The molecule has 27 heavy (non-hydrogen) atoms. The third-order valence-corrected chi connectivity index (χ3v) is 6.54. The van der Waals surface area contributed by atoms with Crippen LogP contribution in [0.15, 0.2) is 6.07 Å². The quantitative estimate of drug-likeness (QED) is 0.795. The first-order valence-electron chi connectivity index (χ1n) is 10.0. The maximum atomic E-state index is 6.00. The van der Waals surface area contributed by atoms with Gasteiger partial charge in [0.1, 0.15) is 12.4 Å². The Kier molecular flexibility index (Phi) is 8.17. The van der Waals surface area contributed by atoms with Crippen LogP contribution in [0.4, 0.5) is 5.82 Å². The van der Waals surface area contributed by atoms with Crippen LogP contribution in [0.1, 0.15) is 75.2 Å². The van der Waals surface area contributed by atoms with Crippen molar-refractivity contribution < 1.29 is 4.74 Å². The van der Waals surface area contributed by atoms with Gasteiger partial charge in [0.2, 0.25) is 0 Å². The smallest absolute Gasteiger partial charge is 0.156 e. The van der Waals surface area contributed by atoms with Gasteiger partial charge in [0, 0.05) is 43.9 Å². The Morgan fingerprint density at radius 1 is 1.11 bits per heavy atom. The van der Waals surface area contributed by atoms with E-state index in [1.54, 1.807) is 7.11 Å². The lowest BCUT2D eigenvalue weighted by atomic mass is 9.69. The second-order valence-electron chi connectivity index (χ2n) is 8.51. The predicted molar refractivity (Wildman–Crippen MR) is 114 cm³/mol. The lowest BCUT2D eigenvalue weighted by Crippen LogP contribution is -2.45. The summed E-state index contributed by atoms with van der Waals surface area (Å²) in [5, 5.41) is 0. The first kappa shape index (κ1) is 22.7. The highest BCUT2D eigenvalue weighted by atomic mass is 35.5. The van der Waals surface area contributed by atoms with Crippen molar-refractivity contribution in [1.82, 2.24) is 9.97 Å². The summed E-state index contributed by atoms with van der Waals surface area (Å²) in [6, 6.07) is 2.58. The topological polar surface area (TPSA) is 64.3 Å². The normalized spacial score (nSPS) is 26.7. The molecule has 2 aliphatic carbocycles. The molecule has 1 aromatic heterocycles. The van der Waals surface area contributed by atoms with Crippen molar-refractivity contribution in [3.63, 3.8) is 0 Å². The van der Waals surface area contributed by atoms with Crippen molar-refractivity contribution in [3.8, 4) is 0 Å². The molecule has 2 heterocycles. The van der Waals surface area contributed by atoms with Gasteiger partial charge in [0.15, 0.2) is 5.82 Å². The van der Waals surface area contributed by atoms with Crippen molar-refractivity contribution in [2.45, 2.75) is 76.4 Å². The number of methoxy groups -OCH3 is 1. The molecule has 0 unspecified atom stereocenters. The molecule has 4 rings (SSSR count). The minimum absolute atomic E-state index is 0. The summed E-state index contributed by atoms with van der Waals surface area (Å²) in [6.07, 6.45) is 11.8. The number of halogens is 2. The van der Waals surface area contributed by atoms with E-state index in [0.717, 1.165) is 31.0 Å². The fourth-order valence-electron chi connectivity index (χ4n) is 5.08. The zero-order valence-electron chi connectivity index (χ0n) is 16.4. The summed E-state index contributed by atoms with van der Waals surface area (Å²) >= 11 is 0. The maximum absolute atomic E-state index is 6.00. The molecule has 0 atom stereocenters. The van der Waals surface area contributed by atoms with Crippen molar-refractivity contribution in [2.75, 3.05) is 25.1 Å². The Morgan fingerprint density at radius 2 is 1.81 bits per heavy atom. The largest absolute Gasteiger partial charge is 0.377 e. The fourth-order valence-corrected chi connectivity index (χ4v) is 5.08. The summed E-state index contributed by atoms with van der Waals surface area (Å²) in [4.78, 5) is 12.1. The van der Waals surface area contributed by atoms with E-state index in [4.69, 9.17) is 20.4 Å². The monoisotopic (exact) mass is 416 g/mol. The first-order chi connectivity index (χ1) is 12.2. The highest BCUT2D eigenvalue weighted by Gasteiger charge is 2.37. The minimum atomic E-state index is 0. The second-order valence-corrected chi connectivity index (χ2v) is 8.51. The van der Waals surface area contributed by atoms with Crippen LogP contribution in [0.2, 0.25) is 0 Å². The standard InChI is InChI=1S/C20H32N4O.2ClH/c1-25-13-18-22-17(15-10-16(21)11-15)12-19(23-18)24-9-5-8-20(14-24)6-3-2-4-7-20;;/h12,15-16H,2-11,13-14,21H2,1H3;2*1H. The van der Waals surface area contributed by atoms with E-state index in [9.17, 15) is 0 Å². The van der Waals surface area contributed by atoms with Crippen LogP contribution >= 0.6 is 24.8 Å². The number of hydrogen-bond donors (Lipinski definition) is 1. The number of piperidine rings is 1. The second kappa shape index (κ2) is 9.73. The molecule has 1 aromatic rings. The maximum Gasteiger partial charge on any atom is 0.156 e. The van der Waals surface area contributed by atoms with E-state index >= 15 is 0 Å². The average Bonchev–Trinajstić information content (AvgIpc) is 2.60. The molecule has 0 bridgehead atoms. The highest BCUT2D eigenvalue weighted by Crippen LogP contribution is 2.44. The predicted octanol–water partition coefficient (Wildman–Crippen LogP) is 4.22. The average molecular weight is 417 g/mol. The van der Waals surface area contributed by atoms with Crippen LogP contribution in [0.25, 0.3) is 0 Å². The number of nitrogens with zero attached hydrogens (tertiary/aromatic N) is 3. The third-order valence-electron chi connectivity index (χ3n) is 6.54. The minimum Gasteiger partial charge on any atom is -0.377 e. The van der Waals surface area contributed by atoms with Crippen LogP contribution in [0.5, 0.6) is 0 Å². The van der Waals surface area contributed by atoms with Crippen LogP contribution in [-0.4, -0.2) is 36.2 Å². The van der Waals surface area contributed by atoms with Gasteiger partial charge in [-0.1, -0.05) is 19.3 Å². The van der Waals surface area contributed by atoms with Crippen molar-refractivity contribution in [2.24, 2.45) is 11.1 Å². The van der Waals surface area contributed by atoms with Crippen molar-refractivity contribution in [1.29, 1.82) is 0 Å². The molecular formula is C20H34Cl2N4O. The van der Waals surface area contributed by atoms with Gasteiger partial charge >= 0.3 is 0 Å². The van der Waals surface area contributed by atoms with Gasteiger partial charge in [-0.15, -0.1) is 24.8 Å². The lowest BCUT2D eigenvalue weighted by molar-refractivity contribution is 0.155. The zero-order valence-corrected chi connectivity index (χ0v) is 18.0. The van der Waals surface area contributed by atoms with Crippen LogP contribution < -0.4 is 10.6 Å². The molecule has 2 N–H and O–H groups in total. The van der Waals surface area contributed by atoms with E-state index in [1.165, 1.54) is 57.2 Å². The fraction of sp³-hybridized carbons (Fsp3) is 0.800. The van der Waals surface area contributed by atoms with E-state index in [-0.39, 0.29) is 24.8 Å². The molecular weight excluding hydrogens is 383 g/mol. The third kappa shape index (κ3) is 5.06. The molecule has 1 aliphatic heterocycles. The van der Waals surface area contributed by atoms with Gasteiger partial charge < -0.3 is 15.4 Å². The Balaban J connectivity index is 0.00000131. The van der Waals surface area contributed by atoms with E-state index in [2.05, 4.69) is 11.0 Å². The van der Waals surface area contributed by atoms with Crippen molar-refractivity contribution in [3.05, 3.63) is 17.6 Å². The summed E-state index contributed by atoms with van der Waals surface area (Å²) in [5.41, 5.74) is 7.70. The Labute approximate surface area is 175 Å². The Hall–Kier alpha value is -0.620. The summed E-state index contributed by atoms with van der Waals surface area (Å²) in [7, 11) is 1.72. The van der Waals surface area contributed by atoms with E-state index < -0.39 is 0 Å². The number of anilines is 1. The van der Waals surface area contributed by atoms with Gasteiger partial charge in [-0.2, -0.15) is 0 Å². The highest BCUT2D eigenvalue weighted by molar-refractivity contribution is 5.85. The summed E-state index contributed by atoms with van der Waals surface area (Å²) < 4.78 is 5.32. The number of ether oxygens (including phenoxy) is 1. The van der Waals surface area contributed by atoms with Crippen molar-refractivity contribution >= 4 is 30.6 Å². The summed E-state index contributed by atoms with van der Waals surface area (Å²) in [5.74, 6) is 2.43. The molecule has 0 radical (unpaired) electrons. The van der Waals surface area contributed by atoms with E-state index in [0.29, 0.717) is 24.0 Å². The lowest BCUT2D eigenvalue weighted by Gasteiger charge is -2.46. The van der Waals surface area contributed by atoms with Gasteiger partial charge in [-0.25, -0.2) is 9.97 Å². The molecule has 0 amide bonds. The number of rotatable bonds is 4. The van der Waals surface area contributed by atoms with E-state index in [1.807, 2.05) is 0 Å². The van der Waals surface area contributed by atoms with Gasteiger partial charge in [0.05, 0.1) is 0 Å². The molecule has 7 heteroatoms. The van der Waals surface area contributed by atoms with Gasteiger partial charge in [-0.05, 0) is 43.9 Å². The molecule has 3 fully saturated rings. The zero-order chi connectivity index (χ0) is 17.3. The Morgan fingerprint density at radius 3 is 2.48 bits per heavy atom. The van der Waals surface area contributed by atoms with Crippen LogP contribution in [-0.2, 0) is 11.3 Å². The number of aromatic nitrogens is 2. The molecule has 1 saturated heterocycles. The van der Waals surface area contributed by atoms with Crippen LogP contribution in [0.3, 0.4) is 0 Å². The van der Waals surface area contributed by atoms with Gasteiger partial charge in [0.25, 0.3) is 0 Å². The molecule has 2 saturated carbocycles. The summed E-state index contributed by atoms with van der Waals surface area (Å²) in [6.45, 7) is 2.77. The SMILES string of the molecule is COCc1nc(C2CC(N)C2)cc(N2CCCC3(CCCCC3)C2)n1.Cl.Cl. The number of hydrogen-bond acceptors (Lipinski definition) is 5. The van der Waals surface area contributed by atoms with Gasteiger partial charge in [-0.3, -0.25) is 0 Å². The molecule has 154 valence electrons. The molecule has 5 nitrogen and oxygen atoms in total. The van der Waals surface area contributed by atoms with Crippen LogP contribution in [0, 0.1) is 5.41 Å².